The predicted octanol–water partition coefficient (Wildman–Crippen LogP) is 2.63. The van der Waals surface area contributed by atoms with Crippen molar-refractivity contribution in [3.05, 3.63) is 76.7 Å². The molecule has 0 saturated heterocycles. The third-order valence-corrected chi connectivity index (χ3v) is 4.22. The second-order valence-electron chi connectivity index (χ2n) is 5.23. The molecular weight excluding hydrogens is 326 g/mol. The van der Waals surface area contributed by atoms with Crippen LogP contribution < -0.4 is 4.72 Å². The Morgan fingerprint density at radius 2 is 1.75 bits per heavy atom. The summed E-state index contributed by atoms with van der Waals surface area (Å²) >= 11 is 0. The van der Waals surface area contributed by atoms with Gasteiger partial charge in [-0.3, -0.25) is 4.79 Å². The summed E-state index contributed by atoms with van der Waals surface area (Å²) in [6.45, 7) is 1.65. The van der Waals surface area contributed by atoms with Gasteiger partial charge in [-0.1, -0.05) is 60.2 Å². The van der Waals surface area contributed by atoms with Crippen LogP contribution in [0, 0.1) is 6.92 Å². The zero-order valence-corrected chi connectivity index (χ0v) is 14.1. The van der Waals surface area contributed by atoms with Crippen molar-refractivity contribution in [3.63, 3.8) is 0 Å². The Balaban J connectivity index is 1.81. The molecule has 0 atom stereocenters. The number of carbonyl (C=O) groups excluding carboxylic acids is 1. The van der Waals surface area contributed by atoms with Crippen LogP contribution in [-0.4, -0.2) is 20.9 Å². The van der Waals surface area contributed by atoms with Crippen LogP contribution in [0.15, 0.2) is 60.0 Å². The van der Waals surface area contributed by atoms with E-state index in [1.807, 2.05) is 61.5 Å². The average Bonchev–Trinajstić information content (AvgIpc) is 2.59. The Labute approximate surface area is 142 Å². The lowest BCUT2D eigenvalue weighted by molar-refractivity contribution is -0.143. The van der Waals surface area contributed by atoms with Gasteiger partial charge in [0.2, 0.25) is 10.0 Å². The lowest BCUT2D eigenvalue weighted by atomic mass is 10.2. The molecule has 0 aliphatic rings. The maximum atomic E-state index is 11.8. The first kappa shape index (κ1) is 17.9. The third kappa shape index (κ3) is 6.36. The minimum absolute atomic E-state index is 0.112. The molecule has 0 amide bonds. The molecule has 0 fully saturated rings. The summed E-state index contributed by atoms with van der Waals surface area (Å²) < 4.78 is 30.9. The van der Waals surface area contributed by atoms with Gasteiger partial charge >= 0.3 is 5.97 Å². The minimum atomic E-state index is -3.70. The summed E-state index contributed by atoms with van der Waals surface area (Å²) in [7, 11) is -3.70. The second-order valence-corrected chi connectivity index (χ2v) is 6.88. The summed E-state index contributed by atoms with van der Waals surface area (Å²) in [4.78, 5) is 11.6. The topological polar surface area (TPSA) is 72.5 Å². The number of hydrogen-bond acceptors (Lipinski definition) is 4. The van der Waals surface area contributed by atoms with Crippen molar-refractivity contribution < 1.29 is 17.9 Å². The lowest BCUT2D eigenvalue weighted by Crippen LogP contribution is -2.29. The number of benzene rings is 2. The fourth-order valence-corrected chi connectivity index (χ4v) is 2.59. The van der Waals surface area contributed by atoms with Gasteiger partial charge in [-0.2, -0.15) is 0 Å². The first-order valence-corrected chi connectivity index (χ1v) is 8.93. The van der Waals surface area contributed by atoms with Crippen molar-refractivity contribution >= 4 is 22.1 Å². The highest BCUT2D eigenvalue weighted by molar-refractivity contribution is 7.92. The monoisotopic (exact) mass is 345 g/mol. The quantitative estimate of drug-likeness (QED) is 0.783. The highest BCUT2D eigenvalue weighted by atomic mass is 32.2. The van der Waals surface area contributed by atoms with Crippen molar-refractivity contribution in [3.8, 4) is 0 Å². The van der Waals surface area contributed by atoms with E-state index in [9.17, 15) is 13.2 Å². The fourth-order valence-electron chi connectivity index (χ4n) is 1.84. The van der Waals surface area contributed by atoms with E-state index in [1.165, 1.54) is 6.08 Å². The number of sulfonamides is 1. The molecule has 126 valence electrons. The van der Waals surface area contributed by atoms with E-state index >= 15 is 0 Å². The molecule has 24 heavy (non-hydrogen) atoms. The Morgan fingerprint density at radius 1 is 1.08 bits per heavy atom. The smallest absolute Gasteiger partial charge is 0.321 e. The van der Waals surface area contributed by atoms with E-state index in [1.54, 1.807) is 0 Å². The second kappa shape index (κ2) is 8.42. The zero-order valence-electron chi connectivity index (χ0n) is 13.3. The SMILES string of the molecule is Cc1ccc(/C=C/S(=O)(=O)NCC(=O)OCc2ccccc2)cc1. The fraction of sp³-hybridized carbons (Fsp3) is 0.167. The highest BCUT2D eigenvalue weighted by Crippen LogP contribution is 2.06. The van der Waals surface area contributed by atoms with Gasteiger partial charge in [0.25, 0.3) is 0 Å². The molecule has 0 aromatic heterocycles. The number of ether oxygens (including phenoxy) is 1. The summed E-state index contributed by atoms with van der Waals surface area (Å²) in [5.41, 5.74) is 2.69. The standard InChI is InChI=1S/C18H19NO4S/c1-15-7-9-16(10-8-15)11-12-24(21,22)19-13-18(20)23-14-17-5-3-2-4-6-17/h2-12,19H,13-14H2,1H3/b12-11+. The molecule has 1 N–H and O–H groups in total. The molecule has 2 rings (SSSR count). The van der Waals surface area contributed by atoms with Crippen LogP contribution >= 0.6 is 0 Å². The molecule has 0 aliphatic heterocycles. The molecule has 0 heterocycles. The lowest BCUT2D eigenvalue weighted by Gasteiger charge is -2.05. The molecular formula is C18H19NO4S. The molecule has 0 spiro atoms. The summed E-state index contributed by atoms with van der Waals surface area (Å²) in [6.07, 6.45) is 1.47. The highest BCUT2D eigenvalue weighted by Gasteiger charge is 2.10. The van der Waals surface area contributed by atoms with E-state index < -0.39 is 22.5 Å². The molecule has 0 aliphatic carbocycles. The van der Waals surface area contributed by atoms with Crippen LogP contribution in [0.5, 0.6) is 0 Å². The maximum absolute atomic E-state index is 11.8. The third-order valence-electron chi connectivity index (χ3n) is 3.18. The van der Waals surface area contributed by atoms with Crippen LogP contribution in [0.3, 0.4) is 0 Å². The average molecular weight is 345 g/mol. The van der Waals surface area contributed by atoms with Crippen molar-refractivity contribution in [2.75, 3.05) is 6.54 Å². The van der Waals surface area contributed by atoms with E-state index in [4.69, 9.17) is 4.74 Å². The maximum Gasteiger partial charge on any atom is 0.321 e. The number of carbonyl (C=O) groups is 1. The van der Waals surface area contributed by atoms with E-state index in [0.717, 1.165) is 22.1 Å². The van der Waals surface area contributed by atoms with Crippen LogP contribution in [-0.2, 0) is 26.2 Å². The van der Waals surface area contributed by atoms with Crippen LogP contribution in [0.2, 0.25) is 0 Å². The van der Waals surface area contributed by atoms with Crippen molar-refractivity contribution in [1.82, 2.24) is 4.72 Å². The number of aryl methyl sites for hydroxylation is 1. The van der Waals surface area contributed by atoms with Gasteiger partial charge in [-0.05, 0) is 24.1 Å². The van der Waals surface area contributed by atoms with Crippen molar-refractivity contribution in [2.45, 2.75) is 13.5 Å². The van der Waals surface area contributed by atoms with Gasteiger partial charge in [0.05, 0.1) is 0 Å². The van der Waals surface area contributed by atoms with E-state index in [-0.39, 0.29) is 6.61 Å². The summed E-state index contributed by atoms with van der Waals surface area (Å²) in [5, 5.41) is 1.03. The van der Waals surface area contributed by atoms with Crippen LogP contribution in [0.4, 0.5) is 0 Å². The first-order valence-electron chi connectivity index (χ1n) is 7.38. The molecule has 0 bridgehead atoms. The Kier molecular flexibility index (Phi) is 6.28. The number of rotatable bonds is 7. The molecule has 0 unspecified atom stereocenters. The largest absolute Gasteiger partial charge is 0.460 e. The zero-order chi connectivity index (χ0) is 17.4. The molecule has 5 nitrogen and oxygen atoms in total. The first-order chi connectivity index (χ1) is 11.4. The van der Waals surface area contributed by atoms with E-state index in [0.29, 0.717) is 0 Å². The molecule has 6 heteroatoms. The van der Waals surface area contributed by atoms with Gasteiger partial charge in [-0.25, -0.2) is 13.1 Å². The van der Waals surface area contributed by atoms with E-state index in [2.05, 4.69) is 4.72 Å². The minimum Gasteiger partial charge on any atom is -0.460 e. The Bertz CT molecular complexity index is 797. The summed E-state index contributed by atoms with van der Waals surface area (Å²) in [6, 6.07) is 16.6. The summed E-state index contributed by atoms with van der Waals surface area (Å²) in [5.74, 6) is -0.633. The number of nitrogens with one attached hydrogen (secondary N) is 1. The van der Waals surface area contributed by atoms with Gasteiger partial charge in [0.15, 0.2) is 0 Å². The van der Waals surface area contributed by atoms with Gasteiger partial charge < -0.3 is 4.74 Å². The number of esters is 1. The molecule has 0 saturated carbocycles. The molecule has 0 radical (unpaired) electrons. The number of hydrogen-bond donors (Lipinski definition) is 1. The van der Waals surface area contributed by atoms with Crippen LogP contribution in [0.1, 0.15) is 16.7 Å². The van der Waals surface area contributed by atoms with Crippen molar-refractivity contribution in [1.29, 1.82) is 0 Å². The van der Waals surface area contributed by atoms with Gasteiger partial charge in [0, 0.05) is 5.41 Å². The molecule has 2 aromatic rings. The molecule has 2 aromatic carbocycles. The van der Waals surface area contributed by atoms with Crippen molar-refractivity contribution in [2.24, 2.45) is 0 Å². The Morgan fingerprint density at radius 3 is 2.42 bits per heavy atom. The van der Waals surface area contributed by atoms with Gasteiger partial charge in [-0.15, -0.1) is 0 Å². The normalized spacial score (nSPS) is 11.5. The predicted molar refractivity (Wildman–Crippen MR) is 93.4 cm³/mol. The van der Waals surface area contributed by atoms with Crippen LogP contribution in [0.25, 0.3) is 6.08 Å². The Hall–Kier alpha value is -2.44. The van der Waals surface area contributed by atoms with Gasteiger partial charge in [0.1, 0.15) is 13.2 Å².